The summed E-state index contributed by atoms with van der Waals surface area (Å²) in [6.07, 6.45) is 5.33. The fraction of sp³-hybridized carbons (Fsp3) is 0.571. The predicted octanol–water partition coefficient (Wildman–Crippen LogP) is 3.66. The van der Waals surface area contributed by atoms with Crippen LogP contribution in [0.2, 0.25) is 5.02 Å². The highest BCUT2D eigenvalue weighted by Crippen LogP contribution is 2.31. The number of hydrogen-bond donors (Lipinski definition) is 1. The second-order valence-electron chi connectivity index (χ2n) is 4.69. The highest BCUT2D eigenvalue weighted by Gasteiger charge is 2.26. The third-order valence-electron chi connectivity index (χ3n) is 3.55. The molecule has 1 N–H and O–H groups in total. The first-order valence-electron chi connectivity index (χ1n) is 6.27. The first-order chi connectivity index (χ1) is 7.79. The van der Waals surface area contributed by atoms with Crippen molar-refractivity contribution < 1.29 is 0 Å². The Labute approximate surface area is 103 Å². The van der Waals surface area contributed by atoms with Gasteiger partial charge in [0.15, 0.2) is 0 Å². The van der Waals surface area contributed by atoms with Crippen LogP contribution in [0, 0.1) is 5.92 Å². The minimum atomic E-state index is 0.653. The number of rotatable bonds is 5. The van der Waals surface area contributed by atoms with E-state index >= 15 is 0 Å². The van der Waals surface area contributed by atoms with Crippen molar-refractivity contribution in [3.8, 4) is 0 Å². The summed E-state index contributed by atoms with van der Waals surface area (Å²) in [5, 5.41) is 4.44. The second-order valence-corrected chi connectivity index (χ2v) is 5.12. The molecule has 0 aromatic heterocycles. The minimum Gasteiger partial charge on any atom is -0.314 e. The van der Waals surface area contributed by atoms with E-state index in [9.17, 15) is 0 Å². The Balaban J connectivity index is 1.96. The quantitative estimate of drug-likeness (QED) is 0.824. The zero-order chi connectivity index (χ0) is 11.4. The summed E-state index contributed by atoms with van der Waals surface area (Å²) in [4.78, 5) is 0. The first-order valence-corrected chi connectivity index (χ1v) is 6.65. The lowest BCUT2D eigenvalue weighted by Gasteiger charge is -2.34. The highest BCUT2D eigenvalue weighted by atomic mass is 35.5. The second kappa shape index (κ2) is 5.70. The standard InChI is InChI=1S/C14H20ClN/c1-2-16-14(12-4-3-5-12)10-11-6-8-13(15)9-7-11/h6-9,12,14,16H,2-5,10H2,1H3. The van der Waals surface area contributed by atoms with Crippen molar-refractivity contribution in [2.45, 2.75) is 38.6 Å². The zero-order valence-electron chi connectivity index (χ0n) is 9.88. The maximum Gasteiger partial charge on any atom is 0.0406 e. The van der Waals surface area contributed by atoms with E-state index in [4.69, 9.17) is 11.6 Å². The molecular weight excluding hydrogens is 218 g/mol. The van der Waals surface area contributed by atoms with Crippen LogP contribution in [-0.4, -0.2) is 12.6 Å². The van der Waals surface area contributed by atoms with Gasteiger partial charge in [-0.3, -0.25) is 0 Å². The number of hydrogen-bond acceptors (Lipinski definition) is 1. The number of likely N-dealkylation sites (N-methyl/N-ethyl adjacent to an activating group) is 1. The van der Waals surface area contributed by atoms with Crippen molar-refractivity contribution in [2.75, 3.05) is 6.54 Å². The summed E-state index contributed by atoms with van der Waals surface area (Å²) in [5.41, 5.74) is 1.39. The summed E-state index contributed by atoms with van der Waals surface area (Å²) < 4.78 is 0. The fourth-order valence-electron chi connectivity index (χ4n) is 2.38. The Bertz CT molecular complexity index is 316. The van der Waals surface area contributed by atoms with Crippen LogP contribution < -0.4 is 5.32 Å². The molecule has 0 heterocycles. The Morgan fingerprint density at radius 3 is 2.50 bits per heavy atom. The first kappa shape index (κ1) is 11.9. The van der Waals surface area contributed by atoms with Crippen molar-refractivity contribution in [2.24, 2.45) is 5.92 Å². The van der Waals surface area contributed by atoms with Crippen LogP contribution in [0.4, 0.5) is 0 Å². The minimum absolute atomic E-state index is 0.653. The van der Waals surface area contributed by atoms with Crippen LogP contribution in [0.15, 0.2) is 24.3 Å². The number of nitrogens with one attached hydrogen (secondary N) is 1. The van der Waals surface area contributed by atoms with Crippen LogP contribution in [0.25, 0.3) is 0 Å². The van der Waals surface area contributed by atoms with Crippen molar-refractivity contribution in [1.82, 2.24) is 5.32 Å². The van der Waals surface area contributed by atoms with E-state index in [-0.39, 0.29) is 0 Å². The molecule has 1 aromatic carbocycles. The van der Waals surface area contributed by atoms with Crippen LogP contribution in [-0.2, 0) is 6.42 Å². The van der Waals surface area contributed by atoms with Gasteiger partial charge in [-0.1, -0.05) is 37.1 Å². The van der Waals surface area contributed by atoms with E-state index in [1.807, 2.05) is 12.1 Å². The molecule has 1 aliphatic carbocycles. The molecule has 16 heavy (non-hydrogen) atoms. The molecule has 0 amide bonds. The molecule has 1 aromatic rings. The van der Waals surface area contributed by atoms with E-state index in [1.54, 1.807) is 0 Å². The van der Waals surface area contributed by atoms with Crippen molar-refractivity contribution >= 4 is 11.6 Å². The molecule has 0 aliphatic heterocycles. The third kappa shape index (κ3) is 2.99. The van der Waals surface area contributed by atoms with E-state index in [2.05, 4.69) is 24.4 Å². The summed E-state index contributed by atoms with van der Waals surface area (Å²) in [6.45, 7) is 3.25. The van der Waals surface area contributed by atoms with Gasteiger partial charge in [0.2, 0.25) is 0 Å². The molecular formula is C14H20ClN. The van der Waals surface area contributed by atoms with Gasteiger partial charge >= 0.3 is 0 Å². The van der Waals surface area contributed by atoms with Gasteiger partial charge in [-0.15, -0.1) is 0 Å². The molecule has 88 valence electrons. The Morgan fingerprint density at radius 2 is 2.00 bits per heavy atom. The molecule has 2 rings (SSSR count). The lowest BCUT2D eigenvalue weighted by atomic mass is 9.77. The Hall–Kier alpha value is -0.530. The third-order valence-corrected chi connectivity index (χ3v) is 3.81. The molecule has 1 nitrogen and oxygen atoms in total. The predicted molar refractivity (Wildman–Crippen MR) is 70.0 cm³/mol. The SMILES string of the molecule is CCNC(Cc1ccc(Cl)cc1)C1CCC1. The fourth-order valence-corrected chi connectivity index (χ4v) is 2.51. The molecule has 0 radical (unpaired) electrons. The molecule has 0 spiro atoms. The maximum absolute atomic E-state index is 5.89. The van der Waals surface area contributed by atoms with E-state index < -0.39 is 0 Å². The Morgan fingerprint density at radius 1 is 1.31 bits per heavy atom. The van der Waals surface area contributed by atoms with Gasteiger partial charge in [0.05, 0.1) is 0 Å². The van der Waals surface area contributed by atoms with Crippen molar-refractivity contribution in [3.63, 3.8) is 0 Å². The molecule has 1 unspecified atom stereocenters. The lowest BCUT2D eigenvalue weighted by Crippen LogP contribution is -2.41. The van der Waals surface area contributed by atoms with Gasteiger partial charge in [0.25, 0.3) is 0 Å². The summed E-state index contributed by atoms with van der Waals surface area (Å²) in [7, 11) is 0. The van der Waals surface area contributed by atoms with Crippen molar-refractivity contribution in [1.29, 1.82) is 0 Å². The molecule has 0 saturated heterocycles. The monoisotopic (exact) mass is 237 g/mol. The molecule has 1 saturated carbocycles. The normalized spacial score (nSPS) is 18.1. The van der Waals surface area contributed by atoms with Gasteiger partial charge in [-0.2, -0.15) is 0 Å². The van der Waals surface area contributed by atoms with Crippen LogP contribution >= 0.6 is 11.6 Å². The molecule has 1 fully saturated rings. The molecule has 0 bridgehead atoms. The van der Waals surface area contributed by atoms with Gasteiger partial charge in [0.1, 0.15) is 0 Å². The van der Waals surface area contributed by atoms with E-state index in [0.29, 0.717) is 6.04 Å². The summed E-state index contributed by atoms with van der Waals surface area (Å²) in [5.74, 6) is 0.885. The Kier molecular flexibility index (Phi) is 4.25. The van der Waals surface area contributed by atoms with Crippen LogP contribution in [0.1, 0.15) is 31.7 Å². The average molecular weight is 238 g/mol. The zero-order valence-corrected chi connectivity index (χ0v) is 10.6. The molecule has 1 aliphatic rings. The van der Waals surface area contributed by atoms with E-state index in [0.717, 1.165) is 23.9 Å². The van der Waals surface area contributed by atoms with Crippen LogP contribution in [0.5, 0.6) is 0 Å². The number of halogens is 1. The van der Waals surface area contributed by atoms with E-state index in [1.165, 1.54) is 24.8 Å². The smallest absolute Gasteiger partial charge is 0.0406 e. The largest absolute Gasteiger partial charge is 0.314 e. The van der Waals surface area contributed by atoms with Gasteiger partial charge < -0.3 is 5.32 Å². The van der Waals surface area contributed by atoms with Gasteiger partial charge in [0, 0.05) is 11.1 Å². The number of benzene rings is 1. The highest BCUT2D eigenvalue weighted by molar-refractivity contribution is 6.30. The molecule has 2 heteroatoms. The topological polar surface area (TPSA) is 12.0 Å². The average Bonchev–Trinajstić information content (AvgIpc) is 2.19. The van der Waals surface area contributed by atoms with Crippen molar-refractivity contribution in [3.05, 3.63) is 34.9 Å². The van der Waals surface area contributed by atoms with Gasteiger partial charge in [-0.25, -0.2) is 0 Å². The summed E-state index contributed by atoms with van der Waals surface area (Å²) in [6, 6.07) is 8.91. The maximum atomic E-state index is 5.89. The van der Waals surface area contributed by atoms with Gasteiger partial charge in [-0.05, 0) is 49.4 Å². The van der Waals surface area contributed by atoms with Crippen LogP contribution in [0.3, 0.4) is 0 Å². The molecule has 1 atom stereocenters. The summed E-state index contributed by atoms with van der Waals surface area (Å²) >= 11 is 5.89. The lowest BCUT2D eigenvalue weighted by molar-refractivity contribution is 0.229.